The second-order valence-electron chi connectivity index (χ2n) is 3.86. The predicted octanol–water partition coefficient (Wildman–Crippen LogP) is 4.26. The molecule has 1 N–H and O–H groups in total. The SMILES string of the molecule is CCNC(C)c1ccc(Br)cc1Sc1ncco1. The summed E-state index contributed by atoms with van der Waals surface area (Å²) in [6.07, 6.45) is 3.25. The maximum absolute atomic E-state index is 5.29. The molecule has 0 saturated carbocycles. The molecule has 1 unspecified atom stereocenters. The number of hydrogen-bond donors (Lipinski definition) is 1. The Hall–Kier alpha value is -0.780. The molecule has 0 radical (unpaired) electrons. The summed E-state index contributed by atoms with van der Waals surface area (Å²) in [6.45, 7) is 5.21. The van der Waals surface area contributed by atoms with Gasteiger partial charge in [-0.25, -0.2) is 4.98 Å². The van der Waals surface area contributed by atoms with Crippen LogP contribution in [-0.2, 0) is 0 Å². The molecule has 96 valence electrons. The van der Waals surface area contributed by atoms with Crippen LogP contribution in [0.3, 0.4) is 0 Å². The number of oxazole rings is 1. The Labute approximate surface area is 120 Å². The topological polar surface area (TPSA) is 38.1 Å². The summed E-state index contributed by atoms with van der Waals surface area (Å²) in [5.74, 6) is 0. The number of halogens is 1. The fourth-order valence-electron chi connectivity index (χ4n) is 1.73. The van der Waals surface area contributed by atoms with E-state index in [2.05, 4.69) is 58.3 Å². The van der Waals surface area contributed by atoms with Gasteiger partial charge in [-0.1, -0.05) is 28.9 Å². The molecule has 1 aromatic carbocycles. The van der Waals surface area contributed by atoms with Crippen LogP contribution in [0.5, 0.6) is 0 Å². The Morgan fingerprint density at radius 1 is 1.50 bits per heavy atom. The molecule has 0 aliphatic heterocycles. The highest BCUT2D eigenvalue weighted by molar-refractivity contribution is 9.10. The summed E-state index contributed by atoms with van der Waals surface area (Å²) in [5.41, 5.74) is 1.25. The van der Waals surface area contributed by atoms with Crippen LogP contribution in [0.1, 0.15) is 25.5 Å². The number of rotatable bonds is 5. The number of benzene rings is 1. The zero-order chi connectivity index (χ0) is 13.0. The molecule has 0 amide bonds. The number of nitrogens with zero attached hydrogens (tertiary/aromatic N) is 1. The minimum atomic E-state index is 0.306. The van der Waals surface area contributed by atoms with Gasteiger partial charge in [-0.05, 0) is 42.9 Å². The minimum Gasteiger partial charge on any atom is -0.440 e. The Morgan fingerprint density at radius 2 is 2.33 bits per heavy atom. The summed E-state index contributed by atoms with van der Waals surface area (Å²) >= 11 is 5.05. The summed E-state index contributed by atoms with van der Waals surface area (Å²) < 4.78 is 6.35. The second-order valence-corrected chi connectivity index (χ2v) is 5.77. The van der Waals surface area contributed by atoms with Crippen molar-refractivity contribution in [3.63, 3.8) is 0 Å². The van der Waals surface area contributed by atoms with Gasteiger partial charge in [0.2, 0.25) is 0 Å². The van der Waals surface area contributed by atoms with Crippen LogP contribution in [0.25, 0.3) is 0 Å². The molecular formula is C13H15BrN2OS. The van der Waals surface area contributed by atoms with E-state index in [1.54, 1.807) is 24.2 Å². The summed E-state index contributed by atoms with van der Waals surface area (Å²) in [7, 11) is 0. The first-order valence-corrected chi connectivity index (χ1v) is 7.42. The summed E-state index contributed by atoms with van der Waals surface area (Å²) in [6, 6.07) is 6.59. The molecule has 0 saturated heterocycles. The Kier molecular flexibility index (Phi) is 4.86. The zero-order valence-electron chi connectivity index (χ0n) is 10.3. The van der Waals surface area contributed by atoms with Gasteiger partial charge in [0.05, 0.1) is 6.20 Å². The average Bonchev–Trinajstić information content (AvgIpc) is 2.82. The standard InChI is InChI=1S/C13H15BrN2OS/c1-3-15-9(2)11-5-4-10(14)8-12(11)18-13-16-6-7-17-13/h4-9,15H,3H2,1-2H3. The van der Waals surface area contributed by atoms with Gasteiger partial charge in [-0.2, -0.15) is 0 Å². The van der Waals surface area contributed by atoms with E-state index in [0.717, 1.165) is 15.9 Å². The first-order valence-electron chi connectivity index (χ1n) is 5.81. The molecule has 0 spiro atoms. The van der Waals surface area contributed by atoms with E-state index in [0.29, 0.717) is 11.3 Å². The van der Waals surface area contributed by atoms with Crippen LogP contribution in [-0.4, -0.2) is 11.5 Å². The molecular weight excluding hydrogens is 312 g/mol. The third-order valence-corrected chi connectivity index (χ3v) is 4.00. The van der Waals surface area contributed by atoms with E-state index < -0.39 is 0 Å². The molecule has 1 aromatic heterocycles. The second kappa shape index (κ2) is 6.41. The van der Waals surface area contributed by atoms with Crippen molar-refractivity contribution in [1.82, 2.24) is 10.3 Å². The van der Waals surface area contributed by atoms with Crippen molar-refractivity contribution in [2.75, 3.05) is 6.54 Å². The van der Waals surface area contributed by atoms with Gasteiger partial charge in [-0.15, -0.1) is 0 Å². The highest BCUT2D eigenvalue weighted by Crippen LogP contribution is 2.34. The molecule has 2 rings (SSSR count). The maximum atomic E-state index is 5.29. The Morgan fingerprint density at radius 3 is 3.00 bits per heavy atom. The van der Waals surface area contributed by atoms with Crippen LogP contribution in [0.2, 0.25) is 0 Å². The lowest BCUT2D eigenvalue weighted by atomic mass is 10.1. The van der Waals surface area contributed by atoms with Gasteiger partial charge in [0, 0.05) is 15.4 Å². The molecule has 0 aliphatic rings. The first kappa shape index (κ1) is 13.6. The van der Waals surface area contributed by atoms with Crippen LogP contribution < -0.4 is 5.32 Å². The van der Waals surface area contributed by atoms with Gasteiger partial charge < -0.3 is 9.73 Å². The van der Waals surface area contributed by atoms with Gasteiger partial charge in [0.1, 0.15) is 6.26 Å². The lowest BCUT2D eigenvalue weighted by Crippen LogP contribution is -2.18. The molecule has 1 heterocycles. The van der Waals surface area contributed by atoms with Gasteiger partial charge in [0.15, 0.2) is 0 Å². The van der Waals surface area contributed by atoms with Crippen molar-refractivity contribution in [2.24, 2.45) is 0 Å². The largest absolute Gasteiger partial charge is 0.440 e. The van der Waals surface area contributed by atoms with E-state index in [1.807, 2.05) is 0 Å². The summed E-state index contributed by atoms with van der Waals surface area (Å²) in [4.78, 5) is 5.30. The van der Waals surface area contributed by atoms with Crippen LogP contribution >= 0.6 is 27.7 Å². The lowest BCUT2D eigenvalue weighted by Gasteiger charge is -2.16. The third kappa shape index (κ3) is 3.37. The van der Waals surface area contributed by atoms with Crippen molar-refractivity contribution in [1.29, 1.82) is 0 Å². The van der Waals surface area contributed by atoms with Crippen molar-refractivity contribution in [3.05, 3.63) is 40.7 Å². The molecule has 3 nitrogen and oxygen atoms in total. The first-order chi connectivity index (χ1) is 8.70. The normalized spacial score (nSPS) is 12.6. The molecule has 0 fully saturated rings. The van der Waals surface area contributed by atoms with Gasteiger partial charge >= 0.3 is 0 Å². The monoisotopic (exact) mass is 326 g/mol. The van der Waals surface area contributed by atoms with Gasteiger partial charge in [-0.3, -0.25) is 0 Å². The lowest BCUT2D eigenvalue weighted by molar-refractivity contribution is 0.454. The molecule has 2 aromatic rings. The van der Waals surface area contributed by atoms with E-state index in [9.17, 15) is 0 Å². The highest BCUT2D eigenvalue weighted by atomic mass is 79.9. The van der Waals surface area contributed by atoms with Crippen LogP contribution in [0, 0.1) is 0 Å². The number of hydrogen-bond acceptors (Lipinski definition) is 4. The van der Waals surface area contributed by atoms with E-state index in [4.69, 9.17) is 4.42 Å². The minimum absolute atomic E-state index is 0.306. The fourth-order valence-corrected chi connectivity index (χ4v) is 3.19. The average molecular weight is 327 g/mol. The van der Waals surface area contributed by atoms with Crippen molar-refractivity contribution in [2.45, 2.75) is 30.0 Å². The predicted molar refractivity (Wildman–Crippen MR) is 76.9 cm³/mol. The van der Waals surface area contributed by atoms with E-state index >= 15 is 0 Å². The highest BCUT2D eigenvalue weighted by Gasteiger charge is 2.13. The van der Waals surface area contributed by atoms with E-state index in [1.165, 1.54) is 5.56 Å². The number of nitrogens with one attached hydrogen (secondary N) is 1. The molecule has 18 heavy (non-hydrogen) atoms. The third-order valence-electron chi connectivity index (χ3n) is 2.56. The van der Waals surface area contributed by atoms with Crippen molar-refractivity contribution in [3.8, 4) is 0 Å². The number of aromatic nitrogens is 1. The zero-order valence-corrected chi connectivity index (χ0v) is 12.7. The van der Waals surface area contributed by atoms with Crippen molar-refractivity contribution < 1.29 is 4.42 Å². The summed E-state index contributed by atoms with van der Waals surface area (Å²) in [5, 5.41) is 4.09. The smallest absolute Gasteiger partial charge is 0.260 e. The molecule has 1 atom stereocenters. The molecule has 0 aliphatic carbocycles. The van der Waals surface area contributed by atoms with Crippen LogP contribution in [0.4, 0.5) is 0 Å². The maximum Gasteiger partial charge on any atom is 0.260 e. The van der Waals surface area contributed by atoms with Gasteiger partial charge in [0.25, 0.3) is 5.22 Å². The van der Waals surface area contributed by atoms with Crippen molar-refractivity contribution >= 4 is 27.7 Å². The van der Waals surface area contributed by atoms with Crippen LogP contribution in [0.15, 0.2) is 49.7 Å². The molecule has 0 bridgehead atoms. The molecule has 5 heteroatoms. The Bertz CT molecular complexity index is 502. The quantitative estimate of drug-likeness (QED) is 0.890. The van der Waals surface area contributed by atoms with E-state index in [-0.39, 0.29) is 0 Å². The Balaban J connectivity index is 2.28. The fraction of sp³-hybridized carbons (Fsp3) is 0.308.